The van der Waals surface area contributed by atoms with Crippen molar-refractivity contribution in [2.45, 2.75) is 110 Å². The maximum atomic E-state index is 14.0. The maximum Gasteiger partial charge on any atom is 0.328 e. The van der Waals surface area contributed by atoms with Crippen molar-refractivity contribution in [3.8, 4) is 0 Å². The molecule has 0 bridgehead atoms. The summed E-state index contributed by atoms with van der Waals surface area (Å²) >= 11 is 0. The van der Waals surface area contributed by atoms with Crippen LogP contribution in [0.4, 0.5) is 5.95 Å². The smallest absolute Gasteiger partial charge is 0.328 e. The Labute approximate surface area is 310 Å². The molecular formula is C39H62N6O7. The zero-order valence-corrected chi connectivity index (χ0v) is 32.9. The van der Waals surface area contributed by atoms with E-state index in [0.29, 0.717) is 18.9 Å². The highest BCUT2D eigenvalue weighted by molar-refractivity contribution is 5.86. The van der Waals surface area contributed by atoms with Crippen molar-refractivity contribution in [3.05, 3.63) is 53.9 Å². The van der Waals surface area contributed by atoms with Crippen molar-refractivity contribution in [2.24, 2.45) is 11.8 Å². The molecule has 1 fully saturated rings. The van der Waals surface area contributed by atoms with Gasteiger partial charge in [0.15, 0.2) is 0 Å². The molecule has 1 aromatic heterocycles. The summed E-state index contributed by atoms with van der Waals surface area (Å²) in [5.74, 6) is -1.50. The van der Waals surface area contributed by atoms with E-state index in [1.54, 1.807) is 43.1 Å². The highest BCUT2D eigenvalue weighted by Crippen LogP contribution is 2.29. The van der Waals surface area contributed by atoms with E-state index in [2.05, 4.69) is 34.4 Å². The minimum absolute atomic E-state index is 0.0108. The highest BCUT2D eigenvalue weighted by atomic mass is 16.5. The SMILES string of the molecule is CCC.CCC(C)C(C(CC(=O)N1CCCC1C(OC)C(C)C(=O)N[C@@H](Cc1ccccc1)C(=O)OC)OC)N(C)C(=O)CNc1nccc(C)n1. The summed E-state index contributed by atoms with van der Waals surface area (Å²) in [4.78, 5) is 65.4. The van der Waals surface area contributed by atoms with Crippen LogP contribution in [0, 0.1) is 18.8 Å². The summed E-state index contributed by atoms with van der Waals surface area (Å²) < 4.78 is 16.8. The molecule has 2 N–H and O–H groups in total. The number of likely N-dealkylation sites (tertiary alicyclic amines) is 1. The molecule has 290 valence electrons. The topological polar surface area (TPSA) is 152 Å². The molecule has 2 aromatic rings. The maximum absolute atomic E-state index is 14.0. The highest BCUT2D eigenvalue weighted by Gasteiger charge is 2.42. The van der Waals surface area contributed by atoms with E-state index in [1.807, 2.05) is 51.1 Å². The van der Waals surface area contributed by atoms with Gasteiger partial charge in [0, 0.05) is 46.1 Å². The van der Waals surface area contributed by atoms with E-state index in [1.165, 1.54) is 20.6 Å². The number of benzene rings is 1. The molecule has 3 amide bonds. The number of carbonyl (C=O) groups is 4. The number of hydrogen-bond donors (Lipinski definition) is 2. The summed E-state index contributed by atoms with van der Waals surface area (Å²) in [5, 5.41) is 5.85. The lowest BCUT2D eigenvalue weighted by molar-refractivity contribution is -0.148. The van der Waals surface area contributed by atoms with Crippen LogP contribution in [0.2, 0.25) is 0 Å². The number of esters is 1. The first-order valence-electron chi connectivity index (χ1n) is 18.4. The number of ether oxygens (including phenoxy) is 3. The van der Waals surface area contributed by atoms with Gasteiger partial charge in [0.25, 0.3) is 0 Å². The second-order valence-electron chi connectivity index (χ2n) is 13.5. The number of carbonyl (C=O) groups excluding carboxylic acids is 4. The lowest BCUT2D eigenvalue weighted by Gasteiger charge is -2.39. The Bertz CT molecular complexity index is 1400. The standard InChI is InChI=1S/C36H54N6O7.C3H8/c1-9-23(2)32(41(5)31(44)22-38-36-37-18-17-24(3)39-36)29(47-6)21-30(43)42-19-13-16-28(42)33(48-7)25(4)34(45)40-27(35(46)49-8)20-26-14-11-10-12-15-26;1-3-2/h10-12,14-15,17-18,23,25,27-29,32-33H,9,13,16,19-22H2,1-8H3,(H,40,45)(H,37,38,39);3H2,1-2H3/t23?,25?,27-,28?,29?,32?,33?;/m0./s1. The monoisotopic (exact) mass is 726 g/mol. The third-order valence-electron chi connectivity index (χ3n) is 9.58. The van der Waals surface area contributed by atoms with E-state index in [9.17, 15) is 19.2 Å². The van der Waals surface area contributed by atoms with Gasteiger partial charge < -0.3 is 34.6 Å². The van der Waals surface area contributed by atoms with Gasteiger partial charge in [0.2, 0.25) is 23.7 Å². The van der Waals surface area contributed by atoms with Gasteiger partial charge in [-0.2, -0.15) is 0 Å². The number of rotatable bonds is 18. The molecular weight excluding hydrogens is 664 g/mol. The van der Waals surface area contributed by atoms with Gasteiger partial charge in [-0.25, -0.2) is 14.8 Å². The number of nitrogens with zero attached hydrogens (tertiary/aromatic N) is 4. The molecule has 0 radical (unpaired) electrons. The molecule has 1 saturated heterocycles. The molecule has 1 aliphatic heterocycles. The van der Waals surface area contributed by atoms with E-state index >= 15 is 0 Å². The second-order valence-corrected chi connectivity index (χ2v) is 13.5. The van der Waals surface area contributed by atoms with E-state index in [0.717, 1.165) is 24.1 Å². The van der Waals surface area contributed by atoms with E-state index < -0.39 is 30.1 Å². The third-order valence-corrected chi connectivity index (χ3v) is 9.58. The summed E-state index contributed by atoms with van der Waals surface area (Å²) in [6.45, 7) is 12.4. The predicted molar refractivity (Wildman–Crippen MR) is 201 cm³/mol. The summed E-state index contributed by atoms with van der Waals surface area (Å²) in [5.41, 5.74) is 1.67. The molecule has 13 nitrogen and oxygen atoms in total. The third kappa shape index (κ3) is 12.8. The van der Waals surface area contributed by atoms with Gasteiger partial charge >= 0.3 is 5.97 Å². The molecule has 0 aliphatic carbocycles. The van der Waals surface area contributed by atoms with Gasteiger partial charge in [-0.3, -0.25) is 14.4 Å². The number of hydrogen-bond acceptors (Lipinski definition) is 10. The first kappa shape index (κ1) is 44.1. The van der Waals surface area contributed by atoms with Crippen molar-refractivity contribution in [3.63, 3.8) is 0 Å². The average Bonchev–Trinajstić information content (AvgIpc) is 3.63. The van der Waals surface area contributed by atoms with Crippen LogP contribution in [0.3, 0.4) is 0 Å². The lowest BCUT2D eigenvalue weighted by Crippen LogP contribution is -2.54. The fourth-order valence-electron chi connectivity index (χ4n) is 6.63. The van der Waals surface area contributed by atoms with Crippen LogP contribution in [-0.4, -0.2) is 115 Å². The van der Waals surface area contributed by atoms with Crippen molar-refractivity contribution in [1.82, 2.24) is 25.1 Å². The first-order chi connectivity index (χ1) is 24.9. The number of likely N-dealkylation sites (N-methyl/N-ethyl adjacent to an activating group) is 1. The Morgan fingerprint density at radius 3 is 2.27 bits per heavy atom. The second kappa shape index (κ2) is 22.8. The molecule has 13 heteroatoms. The normalized spacial score (nSPS) is 17.3. The van der Waals surface area contributed by atoms with E-state index in [-0.39, 0.29) is 55.1 Å². The Balaban J connectivity index is 0.00000301. The molecule has 0 spiro atoms. The van der Waals surface area contributed by atoms with E-state index in [4.69, 9.17) is 14.2 Å². The summed E-state index contributed by atoms with van der Waals surface area (Å²) in [6.07, 6.45) is 4.19. The van der Waals surface area contributed by atoms with Crippen molar-refractivity contribution in [2.75, 3.05) is 46.8 Å². The zero-order chi connectivity index (χ0) is 38.8. The van der Waals surface area contributed by atoms with Crippen LogP contribution < -0.4 is 10.6 Å². The van der Waals surface area contributed by atoms with Gasteiger partial charge in [-0.1, -0.05) is 77.8 Å². The number of aryl methyl sites for hydroxylation is 1. The molecule has 1 aliphatic rings. The average molecular weight is 727 g/mol. The van der Waals surface area contributed by atoms with Crippen molar-refractivity contribution in [1.29, 1.82) is 0 Å². The van der Waals surface area contributed by atoms with Crippen LogP contribution in [-0.2, 0) is 39.8 Å². The van der Waals surface area contributed by atoms with Crippen LogP contribution in [0.1, 0.15) is 78.0 Å². The van der Waals surface area contributed by atoms with Crippen LogP contribution in [0.25, 0.3) is 0 Å². The summed E-state index contributed by atoms with van der Waals surface area (Å²) in [6, 6.07) is 9.56. The zero-order valence-electron chi connectivity index (χ0n) is 32.9. The molecule has 0 saturated carbocycles. The Kier molecular flexibility index (Phi) is 19.3. The molecule has 3 rings (SSSR count). The van der Waals surface area contributed by atoms with Gasteiger partial charge in [0.1, 0.15) is 6.04 Å². The van der Waals surface area contributed by atoms with Gasteiger partial charge in [-0.15, -0.1) is 0 Å². The quantitative estimate of drug-likeness (QED) is 0.211. The minimum atomic E-state index is -0.875. The number of amides is 3. The minimum Gasteiger partial charge on any atom is -0.467 e. The van der Waals surface area contributed by atoms with Gasteiger partial charge in [-0.05, 0) is 37.3 Å². The molecule has 2 heterocycles. The van der Waals surface area contributed by atoms with Crippen molar-refractivity contribution < 1.29 is 33.4 Å². The lowest BCUT2D eigenvalue weighted by atomic mass is 9.90. The Morgan fingerprint density at radius 1 is 1.02 bits per heavy atom. The molecule has 52 heavy (non-hydrogen) atoms. The number of aromatic nitrogens is 2. The van der Waals surface area contributed by atoms with Gasteiger partial charge in [0.05, 0.1) is 50.3 Å². The molecule has 6 unspecified atom stereocenters. The summed E-state index contributed by atoms with van der Waals surface area (Å²) in [7, 11) is 6.11. The van der Waals surface area contributed by atoms with Crippen molar-refractivity contribution >= 4 is 29.6 Å². The fraction of sp³-hybridized carbons (Fsp3) is 0.641. The number of anilines is 1. The number of nitrogens with one attached hydrogen (secondary N) is 2. The Morgan fingerprint density at radius 2 is 1.69 bits per heavy atom. The fourth-order valence-corrected chi connectivity index (χ4v) is 6.63. The number of methoxy groups -OCH3 is 3. The van der Waals surface area contributed by atoms with Crippen LogP contribution in [0.15, 0.2) is 42.6 Å². The molecule has 1 aromatic carbocycles. The largest absolute Gasteiger partial charge is 0.467 e. The molecule has 7 atom stereocenters. The first-order valence-corrected chi connectivity index (χ1v) is 18.4. The Hall–Kier alpha value is -4.10. The van der Waals surface area contributed by atoms with Crippen LogP contribution in [0.5, 0.6) is 0 Å². The predicted octanol–water partition coefficient (Wildman–Crippen LogP) is 4.43. The van der Waals surface area contributed by atoms with Crippen LogP contribution >= 0.6 is 0 Å².